The minimum Gasteiger partial charge on any atom is -0.370 e. The molecule has 0 saturated carbocycles. The lowest BCUT2D eigenvalue weighted by molar-refractivity contribution is -0.136. The van der Waals surface area contributed by atoms with E-state index in [0.29, 0.717) is 25.7 Å². The second kappa shape index (κ2) is 10.4. The average Bonchev–Trinajstić information content (AvgIpc) is 2.80. The Morgan fingerprint density at radius 2 is 1.61 bits per heavy atom. The molecule has 1 N–H and O–H groups in total. The van der Waals surface area contributed by atoms with E-state index in [4.69, 9.17) is 0 Å². The molecule has 7 nitrogen and oxygen atoms in total. The first-order valence-corrected chi connectivity index (χ1v) is 12.0. The van der Waals surface area contributed by atoms with Gasteiger partial charge >= 0.3 is 6.03 Å². The number of urea groups is 1. The fourth-order valence-electron chi connectivity index (χ4n) is 5.04. The number of benzene rings is 1. The number of rotatable bonds is 4. The molecule has 3 aliphatic heterocycles. The molecule has 170 valence electrons. The molecule has 0 radical (unpaired) electrons. The quantitative estimate of drug-likeness (QED) is 0.802. The number of carbonyl (C=O) groups is 2. The summed E-state index contributed by atoms with van der Waals surface area (Å²) in [4.78, 5) is 34.1. The van der Waals surface area contributed by atoms with E-state index in [1.165, 1.54) is 25.7 Å². The molecule has 3 amide bonds. The highest BCUT2D eigenvalue weighted by Crippen LogP contribution is 2.28. The number of carbonyl (C=O) groups excluding carboxylic acids is 2. The van der Waals surface area contributed by atoms with Crippen LogP contribution in [0.2, 0.25) is 0 Å². The third-order valence-corrected chi connectivity index (χ3v) is 6.98. The van der Waals surface area contributed by atoms with Gasteiger partial charge in [0, 0.05) is 51.9 Å². The first-order valence-electron chi connectivity index (χ1n) is 12.0. The van der Waals surface area contributed by atoms with E-state index in [2.05, 4.69) is 28.1 Å². The average molecular weight is 428 g/mol. The molecule has 31 heavy (non-hydrogen) atoms. The number of piperidine rings is 2. The van der Waals surface area contributed by atoms with Gasteiger partial charge in [0.05, 0.1) is 17.9 Å². The van der Waals surface area contributed by atoms with Gasteiger partial charge in [-0.2, -0.15) is 0 Å². The first-order chi connectivity index (χ1) is 15.1. The highest BCUT2D eigenvalue weighted by molar-refractivity contribution is 5.93. The number of nitrogens with one attached hydrogen (secondary N) is 1. The number of anilines is 2. The molecule has 0 bridgehead atoms. The van der Waals surface area contributed by atoms with Crippen molar-refractivity contribution in [2.24, 2.45) is 0 Å². The Bertz CT molecular complexity index is 756. The van der Waals surface area contributed by atoms with Crippen LogP contribution in [0.5, 0.6) is 0 Å². The molecule has 0 spiro atoms. The van der Waals surface area contributed by atoms with Crippen LogP contribution in [0, 0.1) is 0 Å². The van der Waals surface area contributed by atoms with Gasteiger partial charge in [-0.3, -0.25) is 9.69 Å². The fraction of sp³-hybridized carbons (Fsp3) is 0.667. The van der Waals surface area contributed by atoms with Crippen molar-refractivity contribution < 1.29 is 9.59 Å². The molecule has 0 aliphatic carbocycles. The van der Waals surface area contributed by atoms with Gasteiger partial charge in [-0.1, -0.05) is 12.1 Å². The van der Waals surface area contributed by atoms with Crippen molar-refractivity contribution in [3.63, 3.8) is 0 Å². The molecule has 4 rings (SSSR count). The van der Waals surface area contributed by atoms with Crippen LogP contribution in [0.25, 0.3) is 0 Å². The van der Waals surface area contributed by atoms with Crippen LogP contribution in [0.3, 0.4) is 0 Å². The Labute approximate surface area is 186 Å². The van der Waals surface area contributed by atoms with Crippen molar-refractivity contribution in [1.82, 2.24) is 14.7 Å². The Kier molecular flexibility index (Phi) is 7.33. The summed E-state index contributed by atoms with van der Waals surface area (Å²) in [6.45, 7) is 8.41. The highest BCUT2D eigenvalue weighted by atomic mass is 16.2. The minimum atomic E-state index is -0.0416. The van der Waals surface area contributed by atoms with Gasteiger partial charge in [0.1, 0.15) is 0 Å². The van der Waals surface area contributed by atoms with Gasteiger partial charge in [0.25, 0.3) is 0 Å². The zero-order valence-corrected chi connectivity index (χ0v) is 18.9. The molecular weight excluding hydrogens is 390 g/mol. The van der Waals surface area contributed by atoms with E-state index in [1.807, 2.05) is 28.0 Å². The summed E-state index contributed by atoms with van der Waals surface area (Å²) in [5.41, 5.74) is 2.02. The monoisotopic (exact) mass is 427 g/mol. The SMILES string of the molecule is CC1CCCCN1C(=O)CN1CCN(C(=O)Nc2ccccc2N2CCCCC2)CC1. The second-order valence-electron chi connectivity index (χ2n) is 9.19. The van der Waals surface area contributed by atoms with Crippen molar-refractivity contribution in [2.45, 2.75) is 51.5 Å². The lowest BCUT2D eigenvalue weighted by atomic mass is 10.0. The van der Waals surface area contributed by atoms with E-state index in [1.54, 1.807) is 0 Å². The van der Waals surface area contributed by atoms with E-state index in [0.717, 1.165) is 56.9 Å². The lowest BCUT2D eigenvalue weighted by Gasteiger charge is -2.38. The smallest absolute Gasteiger partial charge is 0.321 e. The summed E-state index contributed by atoms with van der Waals surface area (Å²) >= 11 is 0. The second-order valence-corrected chi connectivity index (χ2v) is 9.19. The molecule has 3 saturated heterocycles. The summed E-state index contributed by atoms with van der Waals surface area (Å²) in [5, 5.41) is 3.14. The van der Waals surface area contributed by atoms with Crippen LogP contribution in [0.4, 0.5) is 16.2 Å². The van der Waals surface area contributed by atoms with Crippen molar-refractivity contribution in [1.29, 1.82) is 0 Å². The molecule has 3 fully saturated rings. The summed E-state index contributed by atoms with van der Waals surface area (Å²) in [6, 6.07) is 8.43. The summed E-state index contributed by atoms with van der Waals surface area (Å²) in [5.74, 6) is 0.237. The highest BCUT2D eigenvalue weighted by Gasteiger charge is 2.27. The molecule has 0 aromatic heterocycles. The van der Waals surface area contributed by atoms with Gasteiger partial charge in [0.2, 0.25) is 5.91 Å². The molecule has 1 atom stereocenters. The van der Waals surface area contributed by atoms with Crippen LogP contribution in [-0.2, 0) is 4.79 Å². The lowest BCUT2D eigenvalue weighted by Crippen LogP contribution is -2.53. The molecular formula is C24H37N5O2. The maximum absolute atomic E-state index is 12.9. The zero-order valence-electron chi connectivity index (χ0n) is 18.9. The predicted molar refractivity (Wildman–Crippen MR) is 125 cm³/mol. The number of amides is 3. The maximum Gasteiger partial charge on any atom is 0.321 e. The Morgan fingerprint density at radius 3 is 2.35 bits per heavy atom. The number of nitrogens with zero attached hydrogens (tertiary/aromatic N) is 4. The standard InChI is InChI=1S/C24H37N5O2/c1-20-9-5-8-14-29(20)23(30)19-26-15-17-28(18-16-26)24(31)25-21-10-3-4-11-22(21)27-12-6-2-7-13-27/h3-4,10-11,20H,2,5-9,12-19H2,1H3,(H,25,31). The Hall–Kier alpha value is -2.28. The topological polar surface area (TPSA) is 59.1 Å². The van der Waals surface area contributed by atoms with Crippen molar-refractivity contribution in [3.8, 4) is 0 Å². The van der Waals surface area contributed by atoms with Crippen LogP contribution >= 0.6 is 0 Å². The van der Waals surface area contributed by atoms with E-state index in [9.17, 15) is 9.59 Å². The largest absolute Gasteiger partial charge is 0.370 e. The van der Waals surface area contributed by atoms with Gasteiger partial charge in [-0.05, 0) is 57.6 Å². The molecule has 1 aromatic carbocycles. The Morgan fingerprint density at radius 1 is 0.903 bits per heavy atom. The minimum absolute atomic E-state index is 0.0416. The normalized spacial score (nSPS) is 23.0. The van der Waals surface area contributed by atoms with Crippen LogP contribution in [-0.4, -0.2) is 85.0 Å². The van der Waals surface area contributed by atoms with E-state index in [-0.39, 0.29) is 11.9 Å². The number of para-hydroxylation sites is 2. The summed E-state index contributed by atoms with van der Waals surface area (Å²) < 4.78 is 0. The number of piperazine rings is 1. The van der Waals surface area contributed by atoms with E-state index >= 15 is 0 Å². The summed E-state index contributed by atoms with van der Waals surface area (Å²) in [7, 11) is 0. The zero-order chi connectivity index (χ0) is 21.6. The van der Waals surface area contributed by atoms with Gasteiger partial charge in [-0.25, -0.2) is 4.79 Å². The molecule has 3 heterocycles. The van der Waals surface area contributed by atoms with Crippen molar-refractivity contribution in [3.05, 3.63) is 24.3 Å². The molecule has 7 heteroatoms. The molecule has 3 aliphatic rings. The first kappa shape index (κ1) is 21.9. The van der Waals surface area contributed by atoms with Crippen molar-refractivity contribution >= 4 is 23.3 Å². The number of likely N-dealkylation sites (tertiary alicyclic amines) is 1. The van der Waals surface area contributed by atoms with Crippen molar-refractivity contribution in [2.75, 3.05) is 62.6 Å². The molecule has 1 unspecified atom stereocenters. The van der Waals surface area contributed by atoms with Gasteiger partial charge in [-0.15, -0.1) is 0 Å². The van der Waals surface area contributed by atoms with Gasteiger partial charge < -0.3 is 20.0 Å². The third kappa shape index (κ3) is 5.50. The van der Waals surface area contributed by atoms with Gasteiger partial charge in [0.15, 0.2) is 0 Å². The maximum atomic E-state index is 12.9. The number of hydrogen-bond donors (Lipinski definition) is 1. The van der Waals surface area contributed by atoms with Crippen LogP contribution in [0.15, 0.2) is 24.3 Å². The van der Waals surface area contributed by atoms with Crippen LogP contribution in [0.1, 0.15) is 45.4 Å². The summed E-state index contributed by atoms with van der Waals surface area (Å²) in [6.07, 6.45) is 7.15. The van der Waals surface area contributed by atoms with E-state index < -0.39 is 0 Å². The third-order valence-electron chi connectivity index (χ3n) is 6.98. The fourth-order valence-corrected chi connectivity index (χ4v) is 5.04. The molecule has 1 aromatic rings. The number of hydrogen-bond acceptors (Lipinski definition) is 4. The predicted octanol–water partition coefficient (Wildman–Crippen LogP) is 3.23. The Balaban J connectivity index is 1.27. The van der Waals surface area contributed by atoms with Crippen LogP contribution < -0.4 is 10.2 Å².